The Balaban J connectivity index is 1.70. The molecular weight excluding hydrogens is 222 g/mol. The van der Waals surface area contributed by atoms with Crippen LogP contribution in [-0.4, -0.2) is 12.6 Å². The van der Waals surface area contributed by atoms with Gasteiger partial charge in [0.25, 0.3) is 0 Å². The van der Waals surface area contributed by atoms with E-state index in [0.717, 1.165) is 24.7 Å². The van der Waals surface area contributed by atoms with Crippen molar-refractivity contribution in [3.8, 4) is 5.75 Å². The van der Waals surface area contributed by atoms with E-state index >= 15 is 0 Å². The Labute approximate surface area is 110 Å². The van der Waals surface area contributed by atoms with Crippen molar-refractivity contribution < 1.29 is 4.74 Å². The topological polar surface area (TPSA) is 21.3 Å². The summed E-state index contributed by atoms with van der Waals surface area (Å²) >= 11 is 0. The zero-order chi connectivity index (χ0) is 12.5. The average molecular weight is 245 g/mol. The fourth-order valence-electron chi connectivity index (χ4n) is 3.29. The highest BCUT2D eigenvalue weighted by Gasteiger charge is 2.25. The maximum atomic E-state index is 5.56. The molecule has 2 aliphatic rings. The summed E-state index contributed by atoms with van der Waals surface area (Å²) in [6, 6.07) is 7.81. The van der Waals surface area contributed by atoms with Gasteiger partial charge in [0.2, 0.25) is 0 Å². The molecule has 1 saturated carbocycles. The second kappa shape index (κ2) is 4.93. The first kappa shape index (κ1) is 12.0. The monoisotopic (exact) mass is 245 g/mol. The Morgan fingerprint density at radius 2 is 2.22 bits per heavy atom. The van der Waals surface area contributed by atoms with Crippen molar-refractivity contribution in [3.63, 3.8) is 0 Å². The van der Waals surface area contributed by atoms with Crippen LogP contribution < -0.4 is 10.1 Å². The van der Waals surface area contributed by atoms with Crippen molar-refractivity contribution in [3.05, 3.63) is 29.3 Å². The number of rotatable bonds is 3. The summed E-state index contributed by atoms with van der Waals surface area (Å²) in [5, 5.41) is 3.80. The first-order chi connectivity index (χ1) is 8.74. The highest BCUT2D eigenvalue weighted by atomic mass is 16.5. The maximum Gasteiger partial charge on any atom is 0.122 e. The van der Waals surface area contributed by atoms with E-state index in [1.54, 1.807) is 0 Å². The minimum Gasteiger partial charge on any atom is -0.493 e. The lowest BCUT2D eigenvalue weighted by molar-refractivity contribution is 0.356. The normalized spacial score (nSPS) is 27.9. The van der Waals surface area contributed by atoms with Gasteiger partial charge in [-0.3, -0.25) is 0 Å². The van der Waals surface area contributed by atoms with E-state index in [0.29, 0.717) is 12.1 Å². The molecule has 3 unspecified atom stereocenters. The van der Waals surface area contributed by atoms with Gasteiger partial charge in [0.15, 0.2) is 0 Å². The van der Waals surface area contributed by atoms with Crippen LogP contribution in [0.4, 0.5) is 0 Å². The number of benzene rings is 1. The van der Waals surface area contributed by atoms with Crippen LogP contribution >= 0.6 is 0 Å². The lowest BCUT2D eigenvalue weighted by Crippen LogP contribution is -2.33. The fourth-order valence-corrected chi connectivity index (χ4v) is 3.29. The standard InChI is InChI=1S/C16H23NO/c1-11-4-3-5-15(11)17-12(2)13-6-7-16-14(10-13)8-9-18-16/h6-7,10-12,15,17H,3-5,8-9H2,1-2H3. The lowest BCUT2D eigenvalue weighted by Gasteiger charge is -2.23. The van der Waals surface area contributed by atoms with Gasteiger partial charge in [-0.05, 0) is 42.9 Å². The highest BCUT2D eigenvalue weighted by molar-refractivity contribution is 5.40. The van der Waals surface area contributed by atoms with Gasteiger partial charge in [0.05, 0.1) is 6.61 Å². The minimum absolute atomic E-state index is 0.446. The summed E-state index contributed by atoms with van der Waals surface area (Å²) in [7, 11) is 0. The molecule has 0 saturated heterocycles. The third-order valence-corrected chi connectivity index (χ3v) is 4.54. The minimum atomic E-state index is 0.446. The number of hydrogen-bond donors (Lipinski definition) is 1. The van der Waals surface area contributed by atoms with Crippen LogP contribution in [0, 0.1) is 5.92 Å². The lowest BCUT2D eigenvalue weighted by atomic mass is 10.0. The van der Waals surface area contributed by atoms with Crippen LogP contribution in [0.25, 0.3) is 0 Å². The molecule has 0 bridgehead atoms. The Morgan fingerprint density at radius 1 is 1.33 bits per heavy atom. The largest absolute Gasteiger partial charge is 0.493 e. The van der Waals surface area contributed by atoms with Gasteiger partial charge >= 0.3 is 0 Å². The molecule has 3 rings (SSSR count). The molecule has 0 aromatic heterocycles. The van der Waals surface area contributed by atoms with Crippen LogP contribution in [0.3, 0.4) is 0 Å². The molecule has 18 heavy (non-hydrogen) atoms. The first-order valence-corrected chi connectivity index (χ1v) is 7.25. The number of nitrogens with one attached hydrogen (secondary N) is 1. The first-order valence-electron chi connectivity index (χ1n) is 7.25. The number of fused-ring (bicyclic) bond motifs is 1. The van der Waals surface area contributed by atoms with E-state index in [1.165, 1.54) is 30.4 Å². The second-order valence-corrected chi connectivity index (χ2v) is 5.87. The third-order valence-electron chi connectivity index (χ3n) is 4.54. The molecule has 1 N–H and O–H groups in total. The van der Waals surface area contributed by atoms with E-state index in [9.17, 15) is 0 Å². The van der Waals surface area contributed by atoms with Gasteiger partial charge in [-0.2, -0.15) is 0 Å². The summed E-state index contributed by atoms with van der Waals surface area (Å²) in [5.41, 5.74) is 2.78. The summed E-state index contributed by atoms with van der Waals surface area (Å²) in [6.45, 7) is 5.50. The predicted octanol–water partition coefficient (Wildman–Crippen LogP) is 3.46. The molecule has 1 heterocycles. The predicted molar refractivity (Wildman–Crippen MR) is 74.0 cm³/mol. The van der Waals surface area contributed by atoms with Gasteiger partial charge in [0, 0.05) is 18.5 Å². The molecule has 1 fully saturated rings. The van der Waals surface area contributed by atoms with Gasteiger partial charge in [-0.15, -0.1) is 0 Å². The smallest absolute Gasteiger partial charge is 0.122 e. The molecule has 2 nitrogen and oxygen atoms in total. The average Bonchev–Trinajstić information content (AvgIpc) is 2.98. The second-order valence-electron chi connectivity index (χ2n) is 5.87. The van der Waals surface area contributed by atoms with Crippen molar-refractivity contribution >= 4 is 0 Å². The van der Waals surface area contributed by atoms with Crippen molar-refractivity contribution in [1.82, 2.24) is 5.32 Å². The van der Waals surface area contributed by atoms with Crippen LogP contribution in [0.2, 0.25) is 0 Å². The molecule has 1 aliphatic heterocycles. The maximum absolute atomic E-state index is 5.56. The Hall–Kier alpha value is -1.02. The molecule has 0 radical (unpaired) electrons. The Bertz CT molecular complexity index is 429. The Morgan fingerprint density at radius 3 is 3.00 bits per heavy atom. The molecule has 2 heteroatoms. The third kappa shape index (κ3) is 2.26. The zero-order valence-electron chi connectivity index (χ0n) is 11.4. The van der Waals surface area contributed by atoms with E-state index < -0.39 is 0 Å². The zero-order valence-corrected chi connectivity index (χ0v) is 11.4. The van der Waals surface area contributed by atoms with Crippen molar-refractivity contribution in [2.75, 3.05) is 6.61 Å². The SMILES string of the molecule is CC(NC1CCCC1C)c1ccc2c(c1)CCO2. The molecule has 1 aromatic rings. The number of ether oxygens (including phenoxy) is 1. The molecular formula is C16H23NO. The molecule has 0 amide bonds. The van der Waals surface area contributed by atoms with Gasteiger partial charge < -0.3 is 10.1 Å². The molecule has 1 aliphatic carbocycles. The van der Waals surface area contributed by atoms with Crippen molar-refractivity contribution in [2.45, 2.75) is 51.6 Å². The summed E-state index contributed by atoms with van der Waals surface area (Å²) in [5.74, 6) is 1.91. The molecule has 3 atom stereocenters. The molecule has 1 aromatic carbocycles. The van der Waals surface area contributed by atoms with E-state index in [-0.39, 0.29) is 0 Å². The molecule has 0 spiro atoms. The van der Waals surface area contributed by atoms with E-state index in [2.05, 4.69) is 37.4 Å². The van der Waals surface area contributed by atoms with E-state index in [4.69, 9.17) is 4.74 Å². The van der Waals surface area contributed by atoms with Crippen LogP contribution in [0.1, 0.15) is 50.3 Å². The van der Waals surface area contributed by atoms with Crippen molar-refractivity contribution in [2.24, 2.45) is 5.92 Å². The van der Waals surface area contributed by atoms with E-state index in [1.807, 2.05) is 0 Å². The van der Waals surface area contributed by atoms with Gasteiger partial charge in [-0.1, -0.05) is 25.5 Å². The van der Waals surface area contributed by atoms with Crippen molar-refractivity contribution in [1.29, 1.82) is 0 Å². The number of hydrogen-bond acceptors (Lipinski definition) is 2. The van der Waals surface area contributed by atoms with Crippen LogP contribution in [-0.2, 0) is 6.42 Å². The summed E-state index contributed by atoms with van der Waals surface area (Å²) < 4.78 is 5.56. The quantitative estimate of drug-likeness (QED) is 0.880. The summed E-state index contributed by atoms with van der Waals surface area (Å²) in [4.78, 5) is 0. The van der Waals surface area contributed by atoms with Crippen LogP contribution in [0.5, 0.6) is 5.75 Å². The molecule has 98 valence electrons. The Kier molecular flexibility index (Phi) is 3.29. The fraction of sp³-hybridized carbons (Fsp3) is 0.625. The highest BCUT2D eigenvalue weighted by Crippen LogP contribution is 2.30. The van der Waals surface area contributed by atoms with Gasteiger partial charge in [-0.25, -0.2) is 0 Å². The summed E-state index contributed by atoms with van der Waals surface area (Å²) in [6.07, 6.45) is 5.15. The van der Waals surface area contributed by atoms with Gasteiger partial charge in [0.1, 0.15) is 5.75 Å². The van der Waals surface area contributed by atoms with Crippen LogP contribution in [0.15, 0.2) is 18.2 Å².